The summed E-state index contributed by atoms with van der Waals surface area (Å²) in [5.41, 5.74) is 5.51. The van der Waals surface area contributed by atoms with E-state index in [1.807, 2.05) is 31.2 Å². The lowest BCUT2D eigenvalue weighted by molar-refractivity contribution is -0.135. The van der Waals surface area contributed by atoms with Crippen molar-refractivity contribution in [1.82, 2.24) is 14.9 Å². The zero-order valence-corrected chi connectivity index (χ0v) is 17.8. The van der Waals surface area contributed by atoms with Crippen LogP contribution in [0.5, 0.6) is 5.75 Å². The Morgan fingerprint density at radius 2 is 2.12 bits per heavy atom. The van der Waals surface area contributed by atoms with Crippen molar-refractivity contribution in [2.75, 3.05) is 19.8 Å². The van der Waals surface area contributed by atoms with E-state index >= 15 is 0 Å². The van der Waals surface area contributed by atoms with Crippen LogP contribution < -0.4 is 4.74 Å². The van der Waals surface area contributed by atoms with Gasteiger partial charge in [-0.25, -0.2) is 4.39 Å². The molecule has 6 nitrogen and oxygen atoms in total. The molecule has 164 valence electrons. The highest BCUT2D eigenvalue weighted by Crippen LogP contribution is 2.35. The molecule has 2 aromatic heterocycles. The Bertz CT molecular complexity index is 1330. The fraction of sp³-hybridized carbons (Fsp3) is 0.280. The molecular weight excluding hydrogens is 409 g/mol. The van der Waals surface area contributed by atoms with Crippen molar-refractivity contribution in [3.8, 4) is 5.75 Å². The number of para-hydroxylation sites is 1. The van der Waals surface area contributed by atoms with E-state index in [1.165, 1.54) is 6.07 Å². The standard InChI is InChI=1S/C25H24FN3O3/c1-2-32-22-8-7-15(11-18(22)26)12-20-25-24(16-5-3-4-6-19(16)28-25)17-9-10-29(23(31)14-30)13-21(17)27-20/h3-8,11,28,30H,2,9-10,12-14H2,1H3. The monoisotopic (exact) mass is 433 g/mol. The average molecular weight is 433 g/mol. The molecule has 32 heavy (non-hydrogen) atoms. The van der Waals surface area contributed by atoms with E-state index in [1.54, 1.807) is 11.0 Å². The highest BCUT2D eigenvalue weighted by atomic mass is 19.1. The van der Waals surface area contributed by atoms with Gasteiger partial charge in [0.15, 0.2) is 11.6 Å². The number of benzene rings is 2. The van der Waals surface area contributed by atoms with E-state index in [4.69, 9.17) is 9.72 Å². The highest BCUT2D eigenvalue weighted by Gasteiger charge is 2.26. The third-order valence-corrected chi connectivity index (χ3v) is 6.04. The van der Waals surface area contributed by atoms with Gasteiger partial charge in [-0.2, -0.15) is 0 Å². The molecule has 2 N–H and O–H groups in total. The number of pyridine rings is 1. The summed E-state index contributed by atoms with van der Waals surface area (Å²) >= 11 is 0. The molecule has 0 spiro atoms. The van der Waals surface area contributed by atoms with Crippen LogP contribution in [0.3, 0.4) is 0 Å². The molecule has 0 radical (unpaired) electrons. The van der Waals surface area contributed by atoms with Gasteiger partial charge in [-0.05, 0) is 42.7 Å². The Balaban J connectivity index is 1.64. The summed E-state index contributed by atoms with van der Waals surface area (Å²) in [5, 5.41) is 11.5. The largest absolute Gasteiger partial charge is 0.491 e. The number of fused-ring (bicyclic) bond motifs is 5. The van der Waals surface area contributed by atoms with Gasteiger partial charge in [0.2, 0.25) is 5.91 Å². The number of carbonyl (C=O) groups excluding carboxylic acids is 1. The van der Waals surface area contributed by atoms with Gasteiger partial charge in [0, 0.05) is 29.3 Å². The minimum atomic E-state index is -0.511. The first kappa shape index (κ1) is 20.5. The fourth-order valence-corrected chi connectivity index (χ4v) is 4.57. The minimum absolute atomic E-state index is 0.239. The van der Waals surface area contributed by atoms with Gasteiger partial charge in [0.05, 0.1) is 30.1 Å². The molecule has 5 rings (SSSR count). The predicted molar refractivity (Wildman–Crippen MR) is 120 cm³/mol. The Kier molecular flexibility index (Phi) is 5.27. The molecule has 4 aromatic rings. The van der Waals surface area contributed by atoms with Crippen molar-refractivity contribution < 1.29 is 19.0 Å². The lowest BCUT2D eigenvalue weighted by atomic mass is 9.96. The van der Waals surface area contributed by atoms with Crippen LogP contribution in [-0.4, -0.2) is 45.6 Å². The minimum Gasteiger partial charge on any atom is -0.491 e. The lowest BCUT2D eigenvalue weighted by Crippen LogP contribution is -2.38. The molecule has 1 aliphatic rings. The number of aliphatic hydroxyl groups is 1. The number of amides is 1. The van der Waals surface area contributed by atoms with Gasteiger partial charge in [-0.1, -0.05) is 24.3 Å². The number of aromatic amines is 1. The molecule has 0 aliphatic carbocycles. The number of aromatic nitrogens is 2. The third kappa shape index (κ3) is 3.48. The number of rotatable bonds is 5. The van der Waals surface area contributed by atoms with E-state index in [2.05, 4.69) is 11.1 Å². The molecule has 0 fully saturated rings. The Hall–Kier alpha value is -3.45. The maximum Gasteiger partial charge on any atom is 0.248 e. The van der Waals surface area contributed by atoms with Crippen LogP contribution in [-0.2, 0) is 24.2 Å². The van der Waals surface area contributed by atoms with Gasteiger partial charge >= 0.3 is 0 Å². The van der Waals surface area contributed by atoms with Crippen molar-refractivity contribution in [1.29, 1.82) is 0 Å². The number of hydrogen-bond acceptors (Lipinski definition) is 4. The van der Waals surface area contributed by atoms with Crippen LogP contribution in [0.15, 0.2) is 42.5 Å². The quantitative estimate of drug-likeness (QED) is 0.503. The van der Waals surface area contributed by atoms with E-state index in [9.17, 15) is 14.3 Å². The van der Waals surface area contributed by atoms with Crippen molar-refractivity contribution in [3.05, 3.63) is 70.8 Å². The van der Waals surface area contributed by atoms with Crippen molar-refractivity contribution >= 4 is 27.7 Å². The molecule has 1 amide bonds. The molecule has 0 saturated carbocycles. The zero-order valence-electron chi connectivity index (χ0n) is 17.8. The van der Waals surface area contributed by atoms with Gasteiger partial charge < -0.3 is 19.7 Å². The first-order valence-electron chi connectivity index (χ1n) is 10.8. The molecule has 3 heterocycles. The summed E-state index contributed by atoms with van der Waals surface area (Å²) in [6, 6.07) is 13.1. The second-order valence-electron chi connectivity index (χ2n) is 8.00. The van der Waals surface area contributed by atoms with Crippen molar-refractivity contribution in [3.63, 3.8) is 0 Å². The second kappa shape index (κ2) is 8.24. The molecule has 0 unspecified atom stereocenters. The molecule has 0 saturated heterocycles. The van der Waals surface area contributed by atoms with Crippen LogP contribution in [0.4, 0.5) is 4.39 Å². The van der Waals surface area contributed by atoms with Crippen LogP contribution in [0.1, 0.15) is 29.4 Å². The highest BCUT2D eigenvalue weighted by molar-refractivity contribution is 6.10. The summed E-state index contributed by atoms with van der Waals surface area (Å²) < 4.78 is 19.8. The van der Waals surface area contributed by atoms with Gasteiger partial charge in [-0.3, -0.25) is 9.78 Å². The van der Waals surface area contributed by atoms with E-state index < -0.39 is 12.4 Å². The summed E-state index contributed by atoms with van der Waals surface area (Å²) in [7, 11) is 0. The maximum absolute atomic E-state index is 14.5. The molecule has 0 atom stereocenters. The van der Waals surface area contributed by atoms with E-state index in [-0.39, 0.29) is 11.7 Å². The van der Waals surface area contributed by atoms with Crippen molar-refractivity contribution in [2.45, 2.75) is 26.3 Å². The number of H-pyrrole nitrogens is 1. The van der Waals surface area contributed by atoms with E-state index in [0.29, 0.717) is 32.5 Å². The third-order valence-electron chi connectivity index (χ3n) is 6.04. The van der Waals surface area contributed by atoms with Gasteiger partial charge in [0.25, 0.3) is 0 Å². The normalized spacial score (nSPS) is 13.5. The number of halogens is 1. The zero-order chi connectivity index (χ0) is 22.2. The number of hydrogen-bond donors (Lipinski definition) is 2. The summed E-state index contributed by atoms with van der Waals surface area (Å²) in [4.78, 5) is 22.2. The molecule has 2 aromatic carbocycles. The van der Waals surface area contributed by atoms with E-state index in [0.717, 1.165) is 44.3 Å². The Labute approximate surface area is 184 Å². The number of carbonyl (C=O) groups is 1. The average Bonchev–Trinajstić information content (AvgIpc) is 3.20. The van der Waals surface area contributed by atoms with Crippen LogP contribution in [0.2, 0.25) is 0 Å². The maximum atomic E-state index is 14.5. The van der Waals surface area contributed by atoms with Crippen LogP contribution in [0.25, 0.3) is 21.8 Å². The topological polar surface area (TPSA) is 78.5 Å². The first-order chi connectivity index (χ1) is 15.6. The smallest absolute Gasteiger partial charge is 0.248 e. The first-order valence-corrected chi connectivity index (χ1v) is 10.8. The van der Waals surface area contributed by atoms with Crippen LogP contribution in [0, 0.1) is 5.82 Å². The molecule has 0 bridgehead atoms. The lowest BCUT2D eigenvalue weighted by Gasteiger charge is -2.28. The SMILES string of the molecule is CCOc1ccc(Cc2nc3c(c4c2[nH]c2ccccc24)CCN(C(=O)CO)C3)cc1F. The Morgan fingerprint density at radius 3 is 2.91 bits per heavy atom. The summed E-state index contributed by atoms with van der Waals surface area (Å²) in [5.74, 6) is -0.454. The summed E-state index contributed by atoms with van der Waals surface area (Å²) in [6.45, 7) is 2.62. The molecule has 1 aliphatic heterocycles. The number of aliphatic hydroxyl groups excluding tert-OH is 1. The number of nitrogens with one attached hydrogen (secondary N) is 1. The van der Waals surface area contributed by atoms with Crippen LogP contribution >= 0.6 is 0 Å². The fourth-order valence-electron chi connectivity index (χ4n) is 4.57. The van der Waals surface area contributed by atoms with Gasteiger partial charge in [0.1, 0.15) is 6.61 Å². The number of nitrogens with zero attached hydrogens (tertiary/aromatic N) is 2. The number of ether oxygens (including phenoxy) is 1. The molecule has 7 heteroatoms. The van der Waals surface area contributed by atoms with Crippen molar-refractivity contribution in [2.24, 2.45) is 0 Å². The Morgan fingerprint density at radius 1 is 1.28 bits per heavy atom. The summed E-state index contributed by atoms with van der Waals surface area (Å²) in [6.07, 6.45) is 1.11. The second-order valence-corrected chi connectivity index (χ2v) is 8.00. The van der Waals surface area contributed by atoms with Gasteiger partial charge in [-0.15, -0.1) is 0 Å². The molecular formula is C25H24FN3O3. The predicted octanol–water partition coefficient (Wildman–Crippen LogP) is 3.72.